The number of carbonyl (C=O) groups excluding carboxylic acids is 1. The number of esters is 1. The lowest BCUT2D eigenvalue weighted by molar-refractivity contribution is -0.354. The SMILES string of the molecule is COc1cc(C2OCC3C(c4ccc(OC5OC(COC(C)=O)C(O)C(O)C5OC5OC(C)C(O)C(O)C5O)c(OC)c4)OCC23)ccc1O. The Bertz CT molecular complexity index is 1490. The number of fused-ring (bicyclic) bond motifs is 1. The van der Waals surface area contributed by atoms with Crippen LogP contribution in [0.1, 0.15) is 37.2 Å². The normalized spacial score (nSPS) is 38.3. The third-order valence-corrected chi connectivity index (χ3v) is 9.75. The van der Waals surface area contributed by atoms with Crippen molar-refractivity contribution in [3.63, 3.8) is 0 Å². The third-order valence-electron chi connectivity index (χ3n) is 9.75. The molecule has 4 saturated heterocycles. The number of aromatic hydroxyl groups is 1. The zero-order valence-electron chi connectivity index (χ0n) is 27.9. The number of carbonyl (C=O) groups is 1. The molecule has 0 bridgehead atoms. The van der Waals surface area contributed by atoms with Gasteiger partial charge in [0, 0.05) is 18.8 Å². The fourth-order valence-corrected chi connectivity index (χ4v) is 6.95. The zero-order chi connectivity index (χ0) is 35.9. The number of hydrogen-bond donors (Lipinski definition) is 6. The van der Waals surface area contributed by atoms with Crippen molar-refractivity contribution >= 4 is 5.97 Å². The highest BCUT2D eigenvalue weighted by Crippen LogP contribution is 2.51. The zero-order valence-corrected chi connectivity index (χ0v) is 27.9. The lowest BCUT2D eigenvalue weighted by Crippen LogP contribution is -2.64. The minimum absolute atomic E-state index is 0.00702. The molecule has 16 heteroatoms. The summed E-state index contributed by atoms with van der Waals surface area (Å²) in [4.78, 5) is 11.5. The summed E-state index contributed by atoms with van der Waals surface area (Å²) in [6.07, 6.45) is -15.4. The summed E-state index contributed by atoms with van der Waals surface area (Å²) in [6.45, 7) is 3.10. The van der Waals surface area contributed by atoms with Gasteiger partial charge in [0.25, 0.3) is 0 Å². The molecule has 6 N–H and O–H groups in total. The first-order valence-electron chi connectivity index (χ1n) is 16.4. The van der Waals surface area contributed by atoms with E-state index in [1.54, 1.807) is 36.4 Å². The van der Waals surface area contributed by atoms with E-state index in [4.69, 9.17) is 42.6 Å². The van der Waals surface area contributed by atoms with Crippen molar-refractivity contribution in [1.29, 1.82) is 0 Å². The van der Waals surface area contributed by atoms with E-state index >= 15 is 0 Å². The van der Waals surface area contributed by atoms with Crippen molar-refractivity contribution in [2.75, 3.05) is 34.0 Å². The van der Waals surface area contributed by atoms with Gasteiger partial charge in [0.1, 0.15) is 43.2 Å². The standard InChI is InChI=1S/C34H44O16/c1-14-25(37)27(39)29(41)33(47-14)50-32-28(40)26(38)24(13-44-15(2)35)49-34(32)48-21-8-6-17(10-23(21)43-4)31-19-12-45-30(18(19)11-46-31)16-5-7-20(36)22(9-16)42-3/h5-10,14,18-19,24-34,36-41H,11-13H2,1-4H3. The van der Waals surface area contributed by atoms with E-state index in [1.807, 2.05) is 0 Å². The molecule has 4 fully saturated rings. The predicted octanol–water partition coefficient (Wildman–Crippen LogP) is 0.0859. The molecule has 0 aliphatic carbocycles. The molecule has 0 saturated carbocycles. The van der Waals surface area contributed by atoms with Gasteiger partial charge in [-0.05, 0) is 42.3 Å². The molecule has 0 spiro atoms. The molecule has 0 aromatic heterocycles. The van der Waals surface area contributed by atoms with Gasteiger partial charge in [0.2, 0.25) is 6.29 Å². The van der Waals surface area contributed by atoms with E-state index in [1.165, 1.54) is 28.1 Å². The lowest BCUT2D eigenvalue weighted by atomic mass is 9.85. The Morgan fingerprint density at radius 2 is 1.38 bits per heavy atom. The second-order valence-corrected chi connectivity index (χ2v) is 12.9. The molecule has 14 atom stereocenters. The molecule has 14 unspecified atom stereocenters. The van der Waals surface area contributed by atoms with Crippen molar-refractivity contribution in [3.8, 4) is 23.0 Å². The van der Waals surface area contributed by atoms with Crippen LogP contribution in [-0.4, -0.2) is 132 Å². The fourth-order valence-electron chi connectivity index (χ4n) is 6.95. The molecule has 50 heavy (non-hydrogen) atoms. The number of phenolic OH excluding ortho intramolecular Hbond substituents is 1. The van der Waals surface area contributed by atoms with E-state index in [0.29, 0.717) is 19.0 Å². The maximum absolute atomic E-state index is 11.5. The maximum Gasteiger partial charge on any atom is 0.302 e. The highest BCUT2D eigenvalue weighted by molar-refractivity contribution is 5.65. The molecular weight excluding hydrogens is 664 g/mol. The number of methoxy groups -OCH3 is 2. The van der Waals surface area contributed by atoms with Gasteiger partial charge in [-0.2, -0.15) is 0 Å². The highest BCUT2D eigenvalue weighted by Gasteiger charge is 2.52. The Kier molecular flexibility index (Phi) is 11.0. The number of benzene rings is 2. The molecule has 2 aromatic rings. The average Bonchev–Trinajstić information content (AvgIpc) is 3.72. The monoisotopic (exact) mass is 708 g/mol. The van der Waals surface area contributed by atoms with Crippen LogP contribution in [0.25, 0.3) is 0 Å². The van der Waals surface area contributed by atoms with Crippen LogP contribution in [-0.2, 0) is 33.2 Å². The van der Waals surface area contributed by atoms with Gasteiger partial charge in [0.15, 0.2) is 35.4 Å². The molecule has 4 aliphatic rings. The maximum atomic E-state index is 11.5. The number of hydrogen-bond acceptors (Lipinski definition) is 16. The summed E-state index contributed by atoms with van der Waals surface area (Å²) in [5.74, 6) is 0.226. The van der Waals surface area contributed by atoms with Crippen molar-refractivity contribution in [2.24, 2.45) is 11.8 Å². The van der Waals surface area contributed by atoms with Gasteiger partial charge in [-0.1, -0.05) is 12.1 Å². The fraction of sp³-hybridized carbons (Fsp3) is 0.618. The summed E-state index contributed by atoms with van der Waals surface area (Å²) in [7, 11) is 2.93. The van der Waals surface area contributed by atoms with Crippen molar-refractivity contribution < 1.29 is 78.1 Å². The Morgan fingerprint density at radius 1 is 0.760 bits per heavy atom. The molecule has 4 heterocycles. The van der Waals surface area contributed by atoms with E-state index in [9.17, 15) is 35.4 Å². The van der Waals surface area contributed by atoms with Crippen molar-refractivity contribution in [2.45, 2.75) is 87.5 Å². The quantitative estimate of drug-likeness (QED) is 0.180. The number of rotatable bonds is 10. The molecule has 276 valence electrons. The van der Waals surface area contributed by atoms with Gasteiger partial charge in [-0.25, -0.2) is 0 Å². The van der Waals surface area contributed by atoms with Crippen LogP contribution in [0.2, 0.25) is 0 Å². The Balaban J connectivity index is 1.21. The third kappa shape index (κ3) is 7.10. The van der Waals surface area contributed by atoms with Gasteiger partial charge < -0.3 is 73.3 Å². The van der Waals surface area contributed by atoms with Crippen LogP contribution in [0.4, 0.5) is 0 Å². The largest absolute Gasteiger partial charge is 0.504 e. The topological polar surface area (TPSA) is 222 Å². The Hall–Kier alpha value is -3.29. The van der Waals surface area contributed by atoms with Crippen LogP contribution < -0.4 is 14.2 Å². The van der Waals surface area contributed by atoms with Gasteiger partial charge in [0.05, 0.1) is 45.7 Å². The van der Waals surface area contributed by atoms with Gasteiger partial charge in [-0.15, -0.1) is 0 Å². The number of ether oxygens (including phenoxy) is 9. The number of aliphatic hydroxyl groups excluding tert-OH is 5. The van der Waals surface area contributed by atoms with Crippen molar-refractivity contribution in [3.05, 3.63) is 47.5 Å². The van der Waals surface area contributed by atoms with E-state index < -0.39 is 74.0 Å². The smallest absolute Gasteiger partial charge is 0.302 e. The van der Waals surface area contributed by atoms with Gasteiger partial charge >= 0.3 is 5.97 Å². The second-order valence-electron chi connectivity index (χ2n) is 12.9. The molecular formula is C34H44O16. The summed E-state index contributed by atoms with van der Waals surface area (Å²) in [6, 6.07) is 10.3. The van der Waals surface area contributed by atoms with Crippen LogP contribution in [0.15, 0.2) is 36.4 Å². The van der Waals surface area contributed by atoms with E-state index in [-0.39, 0.29) is 41.3 Å². The lowest BCUT2D eigenvalue weighted by Gasteiger charge is -2.45. The summed E-state index contributed by atoms with van der Waals surface area (Å²) in [5, 5.41) is 63.1. The molecule has 0 radical (unpaired) electrons. The molecule has 6 rings (SSSR count). The average molecular weight is 709 g/mol. The van der Waals surface area contributed by atoms with Gasteiger partial charge in [-0.3, -0.25) is 4.79 Å². The minimum Gasteiger partial charge on any atom is -0.504 e. The van der Waals surface area contributed by atoms with Crippen LogP contribution in [0.5, 0.6) is 23.0 Å². The first-order valence-corrected chi connectivity index (χ1v) is 16.4. The Labute approximate surface area is 287 Å². The van der Waals surface area contributed by atoms with Crippen LogP contribution in [0.3, 0.4) is 0 Å². The van der Waals surface area contributed by atoms with Crippen LogP contribution >= 0.6 is 0 Å². The predicted molar refractivity (Wildman–Crippen MR) is 167 cm³/mol. The molecule has 4 aliphatic heterocycles. The van der Waals surface area contributed by atoms with E-state index in [2.05, 4.69) is 0 Å². The first-order chi connectivity index (χ1) is 23.9. The van der Waals surface area contributed by atoms with Crippen LogP contribution in [0, 0.1) is 11.8 Å². The minimum atomic E-state index is -1.72. The summed E-state index contributed by atoms with van der Waals surface area (Å²) < 4.78 is 52.0. The highest BCUT2D eigenvalue weighted by atomic mass is 16.8. The number of phenols is 1. The molecule has 0 amide bonds. The number of aliphatic hydroxyl groups is 5. The molecule has 16 nitrogen and oxygen atoms in total. The first kappa shape index (κ1) is 36.5. The summed E-state index contributed by atoms with van der Waals surface area (Å²) in [5.41, 5.74) is 1.66. The van der Waals surface area contributed by atoms with Crippen molar-refractivity contribution in [1.82, 2.24) is 0 Å². The Morgan fingerprint density at radius 3 is 2.00 bits per heavy atom. The summed E-state index contributed by atoms with van der Waals surface area (Å²) >= 11 is 0. The van der Waals surface area contributed by atoms with E-state index in [0.717, 1.165) is 11.1 Å². The molecule has 2 aromatic carbocycles. The second kappa shape index (κ2) is 15.1.